The summed E-state index contributed by atoms with van der Waals surface area (Å²) >= 11 is 0. The Bertz CT molecular complexity index is 677. The van der Waals surface area contributed by atoms with Gasteiger partial charge >= 0.3 is 11.8 Å². The van der Waals surface area contributed by atoms with Gasteiger partial charge in [0, 0.05) is 19.5 Å². The predicted molar refractivity (Wildman–Crippen MR) is 82.9 cm³/mol. The third kappa shape index (κ3) is 4.11. The molecule has 0 fully saturated rings. The van der Waals surface area contributed by atoms with Gasteiger partial charge in [0.2, 0.25) is 6.79 Å². The van der Waals surface area contributed by atoms with Crippen LogP contribution in [0.3, 0.4) is 0 Å². The molecule has 1 aromatic heterocycles. The third-order valence-electron chi connectivity index (χ3n) is 3.15. The van der Waals surface area contributed by atoms with E-state index in [-0.39, 0.29) is 25.1 Å². The van der Waals surface area contributed by atoms with E-state index in [9.17, 15) is 4.79 Å². The summed E-state index contributed by atoms with van der Waals surface area (Å²) in [5.74, 6) is 1.45. The maximum Gasteiger partial charge on any atom is 0.315 e. The molecule has 2 heterocycles. The second-order valence-electron chi connectivity index (χ2n) is 4.74. The Morgan fingerprint density at radius 2 is 2.13 bits per heavy atom. The smallest absolute Gasteiger partial charge is 0.315 e. The summed E-state index contributed by atoms with van der Waals surface area (Å²) < 4.78 is 15.5. The maximum absolute atomic E-state index is 12.0. The van der Waals surface area contributed by atoms with Gasteiger partial charge in [-0.1, -0.05) is 11.2 Å². The first-order chi connectivity index (χ1) is 10.8. The molecule has 0 saturated carbocycles. The van der Waals surface area contributed by atoms with Crippen LogP contribution in [0.15, 0.2) is 22.7 Å². The van der Waals surface area contributed by atoms with Crippen LogP contribution in [-0.2, 0) is 13.0 Å². The van der Waals surface area contributed by atoms with E-state index < -0.39 is 5.91 Å². The average Bonchev–Trinajstić information content (AvgIpc) is 3.19. The number of carbonyl (C=O) groups excluding carboxylic acids is 1. The summed E-state index contributed by atoms with van der Waals surface area (Å²) in [5, 5.41) is 9.46. The van der Waals surface area contributed by atoms with Crippen molar-refractivity contribution in [1.29, 1.82) is 0 Å². The zero-order chi connectivity index (χ0) is 15.4. The van der Waals surface area contributed by atoms with Crippen LogP contribution in [-0.4, -0.2) is 36.4 Å². The molecule has 8 nitrogen and oxygen atoms in total. The second-order valence-corrected chi connectivity index (χ2v) is 4.74. The summed E-state index contributed by atoms with van der Waals surface area (Å²) in [7, 11) is 1.83. The van der Waals surface area contributed by atoms with E-state index in [1.807, 2.05) is 25.2 Å². The van der Waals surface area contributed by atoms with E-state index >= 15 is 0 Å². The molecule has 0 atom stereocenters. The molecule has 3 rings (SSSR count). The normalized spacial score (nSPS) is 11.9. The minimum absolute atomic E-state index is 0. The molecule has 1 aliphatic rings. The van der Waals surface area contributed by atoms with Gasteiger partial charge in [-0.3, -0.25) is 4.79 Å². The summed E-state index contributed by atoms with van der Waals surface area (Å²) in [6.45, 7) is 1.28. The fourth-order valence-electron chi connectivity index (χ4n) is 1.99. The lowest BCUT2D eigenvalue weighted by Crippen LogP contribution is -2.23. The van der Waals surface area contributed by atoms with Gasteiger partial charge in [0.1, 0.15) is 0 Å². The van der Waals surface area contributed by atoms with E-state index in [0.717, 1.165) is 12.1 Å². The fraction of sp³-hybridized carbons (Fsp3) is 0.357. The Morgan fingerprint density at radius 3 is 2.96 bits per heavy atom. The molecule has 0 spiro atoms. The van der Waals surface area contributed by atoms with Crippen LogP contribution in [0.5, 0.6) is 11.5 Å². The number of halogens is 1. The van der Waals surface area contributed by atoms with Gasteiger partial charge in [0.05, 0.1) is 0 Å². The number of fused-ring (bicyclic) bond motifs is 1. The Balaban J connectivity index is 0.00000192. The monoisotopic (exact) mass is 340 g/mol. The molecule has 9 heteroatoms. The van der Waals surface area contributed by atoms with Crippen molar-refractivity contribution in [1.82, 2.24) is 20.8 Å². The molecule has 0 radical (unpaired) electrons. The van der Waals surface area contributed by atoms with Crippen LogP contribution >= 0.6 is 12.4 Å². The molecule has 0 saturated heterocycles. The molecule has 1 aromatic carbocycles. The number of likely N-dealkylation sites (N-methyl/N-ethyl adjacent to an activating group) is 1. The first-order valence-electron chi connectivity index (χ1n) is 6.90. The highest BCUT2D eigenvalue weighted by molar-refractivity contribution is 5.89. The van der Waals surface area contributed by atoms with Crippen LogP contribution in [0.4, 0.5) is 0 Å². The zero-order valence-corrected chi connectivity index (χ0v) is 13.3. The largest absolute Gasteiger partial charge is 0.454 e. The Labute approximate surface area is 138 Å². The number of ether oxygens (including phenoxy) is 2. The van der Waals surface area contributed by atoms with E-state index in [0.29, 0.717) is 30.3 Å². The molecule has 23 heavy (non-hydrogen) atoms. The number of aromatic nitrogens is 2. The molecule has 124 valence electrons. The summed E-state index contributed by atoms with van der Waals surface area (Å²) in [4.78, 5) is 16.0. The van der Waals surface area contributed by atoms with Crippen molar-refractivity contribution < 1.29 is 18.8 Å². The quantitative estimate of drug-likeness (QED) is 0.806. The highest BCUT2D eigenvalue weighted by Crippen LogP contribution is 2.32. The molecule has 0 unspecified atom stereocenters. The SMILES string of the molecule is CNCCc1noc(C(=O)NCc2ccc3c(c2)OCO3)n1.Cl. The lowest BCUT2D eigenvalue weighted by atomic mass is 10.2. The number of amides is 1. The molecule has 2 aromatic rings. The predicted octanol–water partition coefficient (Wildman–Crippen LogP) is 0.912. The summed E-state index contributed by atoms with van der Waals surface area (Å²) in [5.41, 5.74) is 0.896. The van der Waals surface area contributed by atoms with Crippen molar-refractivity contribution in [3.63, 3.8) is 0 Å². The lowest BCUT2D eigenvalue weighted by molar-refractivity contribution is 0.0907. The van der Waals surface area contributed by atoms with E-state index in [4.69, 9.17) is 14.0 Å². The van der Waals surface area contributed by atoms with E-state index in [2.05, 4.69) is 20.8 Å². The number of hydrogen-bond acceptors (Lipinski definition) is 7. The second kappa shape index (κ2) is 7.80. The van der Waals surface area contributed by atoms with Gasteiger partial charge in [0.25, 0.3) is 0 Å². The van der Waals surface area contributed by atoms with Crippen LogP contribution < -0.4 is 20.1 Å². The number of carbonyl (C=O) groups is 1. The summed E-state index contributed by atoms with van der Waals surface area (Å²) in [6.07, 6.45) is 0.607. The van der Waals surface area contributed by atoms with Gasteiger partial charge in [0.15, 0.2) is 17.3 Å². The molecule has 2 N–H and O–H groups in total. The van der Waals surface area contributed by atoms with Crippen molar-refractivity contribution in [3.8, 4) is 11.5 Å². The highest BCUT2D eigenvalue weighted by Gasteiger charge is 2.16. The fourth-order valence-corrected chi connectivity index (χ4v) is 1.99. The number of nitrogens with one attached hydrogen (secondary N) is 2. The topological polar surface area (TPSA) is 98.5 Å². The van der Waals surface area contributed by atoms with Crippen LogP contribution in [0, 0.1) is 0 Å². The Morgan fingerprint density at radius 1 is 1.30 bits per heavy atom. The van der Waals surface area contributed by atoms with Gasteiger partial charge in [-0.2, -0.15) is 4.98 Å². The molecule has 1 aliphatic heterocycles. The zero-order valence-electron chi connectivity index (χ0n) is 12.5. The molecule has 0 bridgehead atoms. The summed E-state index contributed by atoms with van der Waals surface area (Å²) in [6, 6.07) is 5.50. The van der Waals surface area contributed by atoms with Crippen molar-refractivity contribution in [3.05, 3.63) is 35.5 Å². The number of hydrogen-bond donors (Lipinski definition) is 2. The minimum atomic E-state index is -0.402. The van der Waals surface area contributed by atoms with E-state index in [1.54, 1.807) is 0 Å². The standard InChI is InChI=1S/C14H16N4O4.ClH/c1-15-5-4-12-17-14(22-18-12)13(19)16-7-9-2-3-10-11(6-9)21-8-20-10;/h2-3,6,15H,4-5,7-8H2,1H3,(H,16,19);1H. The number of benzene rings is 1. The van der Waals surface area contributed by atoms with Crippen LogP contribution in [0.25, 0.3) is 0 Å². The van der Waals surface area contributed by atoms with Gasteiger partial charge in [-0.25, -0.2) is 0 Å². The molecular weight excluding hydrogens is 324 g/mol. The molecule has 0 aliphatic carbocycles. The van der Waals surface area contributed by atoms with Crippen LogP contribution in [0.2, 0.25) is 0 Å². The highest BCUT2D eigenvalue weighted by atomic mass is 35.5. The Kier molecular flexibility index (Phi) is 5.78. The van der Waals surface area contributed by atoms with Crippen molar-refractivity contribution in [2.24, 2.45) is 0 Å². The van der Waals surface area contributed by atoms with Crippen molar-refractivity contribution in [2.45, 2.75) is 13.0 Å². The van der Waals surface area contributed by atoms with Gasteiger partial charge in [-0.15, -0.1) is 12.4 Å². The maximum atomic E-state index is 12.0. The van der Waals surface area contributed by atoms with Crippen molar-refractivity contribution >= 4 is 18.3 Å². The third-order valence-corrected chi connectivity index (χ3v) is 3.15. The first kappa shape index (κ1) is 17.0. The van der Waals surface area contributed by atoms with E-state index in [1.165, 1.54) is 0 Å². The van der Waals surface area contributed by atoms with Crippen molar-refractivity contribution in [2.75, 3.05) is 20.4 Å². The number of rotatable bonds is 6. The molecular formula is C14H17ClN4O4. The Hall–Kier alpha value is -2.32. The van der Waals surface area contributed by atoms with Gasteiger partial charge in [-0.05, 0) is 24.7 Å². The minimum Gasteiger partial charge on any atom is -0.454 e. The van der Waals surface area contributed by atoms with Crippen LogP contribution in [0.1, 0.15) is 22.1 Å². The number of nitrogens with zero attached hydrogens (tertiary/aromatic N) is 2. The van der Waals surface area contributed by atoms with Gasteiger partial charge < -0.3 is 24.6 Å². The lowest BCUT2D eigenvalue weighted by Gasteiger charge is -2.03. The molecule has 1 amide bonds. The average molecular weight is 341 g/mol. The first-order valence-corrected chi connectivity index (χ1v) is 6.90.